The molecule has 1 unspecified atom stereocenters. The minimum atomic E-state index is -4.35. The number of allylic oxidation sites excluding steroid dienone is 2. The van der Waals surface area contributed by atoms with Crippen LogP contribution in [-0.4, -0.2) is 41.6 Å². The monoisotopic (exact) mass is 355 g/mol. The van der Waals surface area contributed by atoms with Gasteiger partial charge in [-0.05, 0) is 38.1 Å². The van der Waals surface area contributed by atoms with Crippen molar-refractivity contribution in [2.45, 2.75) is 26.1 Å². The largest absolute Gasteiger partial charge is 0.493 e. The summed E-state index contributed by atoms with van der Waals surface area (Å²) in [4.78, 5) is 4.40. The molecule has 0 aromatic heterocycles. The molecule has 0 fully saturated rings. The Bertz CT molecular complexity index is 783. The van der Waals surface area contributed by atoms with Crippen LogP contribution in [-0.2, 0) is 0 Å². The summed E-state index contributed by atoms with van der Waals surface area (Å²) >= 11 is 0. The smallest absolute Gasteiger partial charge is 0.405 e. The summed E-state index contributed by atoms with van der Waals surface area (Å²) in [6.45, 7) is 2.90. The molecule has 2 aliphatic heterocycles. The summed E-state index contributed by atoms with van der Waals surface area (Å²) in [7, 11) is 1.36. The highest BCUT2D eigenvalue weighted by Crippen LogP contribution is 2.35. The van der Waals surface area contributed by atoms with Crippen LogP contribution in [0.1, 0.15) is 19.4 Å². The number of alkyl halides is 3. The molecule has 4 nitrogen and oxygen atoms in total. The molecule has 2 aliphatic rings. The number of nitrogens with zero attached hydrogens (tertiary/aromatic N) is 3. The fourth-order valence-electron chi connectivity index (χ4n) is 2.92. The van der Waals surface area contributed by atoms with Gasteiger partial charge in [0.2, 0.25) is 0 Å². The van der Waals surface area contributed by atoms with E-state index in [1.165, 1.54) is 29.3 Å². The topological polar surface area (TPSA) is 28.1 Å². The average Bonchev–Trinajstić information content (AvgIpc) is 2.97. The van der Waals surface area contributed by atoms with Crippen molar-refractivity contribution in [3.05, 3.63) is 53.2 Å². The lowest BCUT2D eigenvalue weighted by atomic mass is 10.1. The van der Waals surface area contributed by atoms with Gasteiger partial charge >= 0.3 is 6.18 Å². The number of methoxy groups -OCH3 is 1. The molecule has 0 saturated heterocycles. The Morgan fingerprint density at radius 1 is 1.28 bits per heavy atom. The van der Waals surface area contributed by atoms with E-state index in [0.29, 0.717) is 22.8 Å². The molecule has 0 N–H and O–H groups in total. The SMILES string of the molecule is COc1c(F)cccc1C1=NC2=CCN(C(C)C(F)(F)F)N2C(C)=C1. The first-order valence-electron chi connectivity index (χ1n) is 7.67. The van der Waals surface area contributed by atoms with E-state index in [-0.39, 0.29) is 12.3 Å². The Balaban J connectivity index is 1.97. The lowest BCUT2D eigenvalue weighted by Gasteiger charge is -2.38. The quantitative estimate of drug-likeness (QED) is 0.771. The first kappa shape index (κ1) is 17.5. The fourth-order valence-corrected chi connectivity index (χ4v) is 2.92. The minimum absolute atomic E-state index is 0.0536. The van der Waals surface area contributed by atoms with Crippen molar-refractivity contribution in [2.24, 2.45) is 4.99 Å². The van der Waals surface area contributed by atoms with Crippen LogP contribution < -0.4 is 4.74 Å². The summed E-state index contributed by atoms with van der Waals surface area (Å²) in [6.07, 6.45) is -1.11. The van der Waals surface area contributed by atoms with E-state index in [0.717, 1.165) is 6.92 Å². The van der Waals surface area contributed by atoms with Crippen LogP contribution in [0.4, 0.5) is 17.6 Å². The molecule has 0 bridgehead atoms. The van der Waals surface area contributed by atoms with Gasteiger partial charge in [-0.2, -0.15) is 18.2 Å². The number of hydrogen-bond acceptors (Lipinski definition) is 4. The van der Waals surface area contributed by atoms with Crippen LogP contribution in [0.15, 0.2) is 46.9 Å². The van der Waals surface area contributed by atoms with Crippen LogP contribution in [0.2, 0.25) is 0 Å². The van der Waals surface area contributed by atoms with E-state index >= 15 is 0 Å². The van der Waals surface area contributed by atoms with Gasteiger partial charge in [0.05, 0.1) is 12.8 Å². The molecular weight excluding hydrogens is 338 g/mol. The zero-order chi connectivity index (χ0) is 18.4. The molecule has 0 amide bonds. The third-order valence-electron chi connectivity index (χ3n) is 4.22. The number of hydrogen-bond donors (Lipinski definition) is 0. The second-order valence-corrected chi connectivity index (χ2v) is 5.82. The number of para-hydroxylation sites is 1. The van der Waals surface area contributed by atoms with Crippen molar-refractivity contribution in [1.82, 2.24) is 10.0 Å². The van der Waals surface area contributed by atoms with Crippen molar-refractivity contribution >= 4 is 5.71 Å². The first-order valence-corrected chi connectivity index (χ1v) is 7.67. The van der Waals surface area contributed by atoms with E-state index in [9.17, 15) is 17.6 Å². The summed E-state index contributed by atoms with van der Waals surface area (Å²) in [5.41, 5.74) is 1.46. The van der Waals surface area contributed by atoms with Crippen molar-refractivity contribution in [3.8, 4) is 5.75 Å². The predicted molar refractivity (Wildman–Crippen MR) is 85.4 cm³/mol. The number of aliphatic imine (C=N–C) groups is 1. The van der Waals surface area contributed by atoms with E-state index in [2.05, 4.69) is 4.99 Å². The molecule has 1 atom stereocenters. The standard InChI is InChI=1S/C17H17F4N3O/c1-10-9-14(12-5-4-6-13(18)16(12)25-3)22-15-7-8-23(24(10)15)11(2)17(19,20)21/h4-7,9,11H,8H2,1-3H3. The molecule has 0 aliphatic carbocycles. The fraction of sp³-hybridized carbons (Fsp3) is 0.353. The highest BCUT2D eigenvalue weighted by Gasteiger charge is 2.45. The molecule has 1 aromatic rings. The van der Waals surface area contributed by atoms with Crippen LogP contribution in [0.3, 0.4) is 0 Å². The molecular formula is C17H17F4N3O. The Hall–Kier alpha value is -2.35. The Morgan fingerprint density at radius 2 is 2.00 bits per heavy atom. The van der Waals surface area contributed by atoms with Crippen molar-refractivity contribution in [3.63, 3.8) is 0 Å². The lowest BCUT2D eigenvalue weighted by Crippen LogP contribution is -2.49. The maximum Gasteiger partial charge on any atom is 0.405 e. The van der Waals surface area contributed by atoms with E-state index in [1.807, 2.05) is 0 Å². The minimum Gasteiger partial charge on any atom is -0.493 e. The van der Waals surface area contributed by atoms with Gasteiger partial charge in [0.25, 0.3) is 0 Å². The number of fused-ring (bicyclic) bond motifs is 1. The zero-order valence-corrected chi connectivity index (χ0v) is 13.9. The molecule has 3 rings (SSSR count). The molecule has 0 spiro atoms. The highest BCUT2D eigenvalue weighted by molar-refractivity contribution is 6.11. The second kappa shape index (κ2) is 6.18. The normalized spacial score (nSPS) is 19.2. The maximum absolute atomic E-state index is 13.9. The van der Waals surface area contributed by atoms with Crippen LogP contribution in [0, 0.1) is 5.82 Å². The third-order valence-corrected chi connectivity index (χ3v) is 4.22. The second-order valence-electron chi connectivity index (χ2n) is 5.82. The van der Waals surface area contributed by atoms with E-state index in [1.54, 1.807) is 25.1 Å². The van der Waals surface area contributed by atoms with Gasteiger partial charge in [0.1, 0.15) is 11.9 Å². The summed E-state index contributed by atoms with van der Waals surface area (Å²) in [5.74, 6) is -0.0841. The molecule has 2 heterocycles. The van der Waals surface area contributed by atoms with Gasteiger partial charge in [-0.1, -0.05) is 6.07 Å². The van der Waals surface area contributed by atoms with Crippen LogP contribution >= 0.6 is 0 Å². The van der Waals surface area contributed by atoms with Gasteiger partial charge in [0.15, 0.2) is 11.6 Å². The number of benzene rings is 1. The van der Waals surface area contributed by atoms with Crippen molar-refractivity contribution < 1.29 is 22.3 Å². The first-order chi connectivity index (χ1) is 11.7. The highest BCUT2D eigenvalue weighted by atomic mass is 19.4. The molecule has 1 aromatic carbocycles. The number of hydrazine groups is 1. The van der Waals surface area contributed by atoms with E-state index in [4.69, 9.17) is 4.74 Å². The van der Waals surface area contributed by atoms with Crippen molar-refractivity contribution in [2.75, 3.05) is 13.7 Å². The Kier molecular flexibility index (Phi) is 4.32. The van der Waals surface area contributed by atoms with Gasteiger partial charge in [0, 0.05) is 17.8 Å². The number of ether oxygens (including phenoxy) is 1. The maximum atomic E-state index is 13.9. The molecule has 0 radical (unpaired) electrons. The van der Waals surface area contributed by atoms with Gasteiger partial charge < -0.3 is 4.74 Å². The zero-order valence-electron chi connectivity index (χ0n) is 13.9. The van der Waals surface area contributed by atoms with Crippen LogP contribution in [0.25, 0.3) is 0 Å². The Morgan fingerprint density at radius 3 is 2.64 bits per heavy atom. The summed E-state index contributed by atoms with van der Waals surface area (Å²) in [6, 6.07) is 2.82. The molecule has 0 saturated carbocycles. The van der Waals surface area contributed by atoms with Gasteiger partial charge in [-0.15, -0.1) is 0 Å². The predicted octanol–water partition coefficient (Wildman–Crippen LogP) is 3.87. The third kappa shape index (κ3) is 3.02. The van der Waals surface area contributed by atoms with E-state index < -0.39 is 18.0 Å². The molecule has 8 heteroatoms. The average molecular weight is 355 g/mol. The van der Waals surface area contributed by atoms with Gasteiger partial charge in [-0.3, -0.25) is 5.01 Å². The number of rotatable bonds is 3. The Labute approximate surface area is 142 Å². The van der Waals surface area contributed by atoms with Crippen LogP contribution in [0.5, 0.6) is 5.75 Å². The lowest BCUT2D eigenvalue weighted by molar-refractivity contribution is -0.201. The summed E-state index contributed by atoms with van der Waals surface area (Å²) < 4.78 is 58.2. The molecule has 134 valence electrons. The van der Waals surface area contributed by atoms with Crippen molar-refractivity contribution in [1.29, 1.82) is 0 Å². The number of halogens is 4. The summed E-state index contributed by atoms with van der Waals surface area (Å²) in [5, 5.41) is 2.64. The molecule has 25 heavy (non-hydrogen) atoms. The van der Waals surface area contributed by atoms with Gasteiger partial charge in [-0.25, -0.2) is 9.38 Å².